The maximum Gasteiger partial charge on any atom is 0.416 e. The van der Waals surface area contributed by atoms with E-state index in [9.17, 15) is 35.6 Å². The third-order valence-electron chi connectivity index (χ3n) is 6.00. The van der Waals surface area contributed by atoms with Gasteiger partial charge in [0.05, 0.1) is 28.3 Å². The van der Waals surface area contributed by atoms with Crippen LogP contribution in [0.1, 0.15) is 46.4 Å². The second-order valence-electron chi connectivity index (χ2n) is 9.05. The van der Waals surface area contributed by atoms with Gasteiger partial charge >= 0.3 is 12.1 Å². The molecular weight excluding hydrogens is 592 g/mol. The number of aliphatic carboxylic acids is 1. The first-order chi connectivity index (χ1) is 19.1. The zero-order chi connectivity index (χ0) is 30.5. The minimum absolute atomic E-state index is 0.0117. The standard InChI is InChI=1S/C27H25ClF4N2O6S/c1-15-7-20(21-11-22(28)23(29)12-24(21)40-2)17(13-33-15)14-34-26(37)16-8-18(27(30,31)32)10-19(9-16)41(38,39)6-4-3-5-25(35)36/h7-13H,3-6,14H2,1-2H3,(H,34,37)(H,35,36). The average Bonchev–Trinajstić information content (AvgIpc) is 2.90. The van der Waals surface area contributed by atoms with Crippen molar-refractivity contribution in [3.05, 3.63) is 75.8 Å². The SMILES string of the molecule is COc1cc(F)c(Cl)cc1-c1cc(C)ncc1CNC(=O)c1cc(C(F)(F)F)cc(S(=O)(=O)CCCCC(=O)O)c1. The molecule has 0 saturated heterocycles. The van der Waals surface area contributed by atoms with Crippen molar-refractivity contribution in [2.24, 2.45) is 0 Å². The lowest BCUT2D eigenvalue weighted by atomic mass is 9.99. The number of benzene rings is 2. The number of nitrogens with zero attached hydrogens (tertiary/aromatic N) is 1. The van der Waals surface area contributed by atoms with Crippen molar-refractivity contribution in [1.29, 1.82) is 0 Å². The van der Waals surface area contributed by atoms with Gasteiger partial charge in [0.15, 0.2) is 9.84 Å². The van der Waals surface area contributed by atoms with Crippen LogP contribution in [0.15, 0.2) is 47.5 Å². The van der Waals surface area contributed by atoms with E-state index >= 15 is 0 Å². The van der Waals surface area contributed by atoms with Crippen molar-refractivity contribution in [3.8, 4) is 16.9 Å². The number of pyridine rings is 1. The molecule has 0 aliphatic carbocycles. The first-order valence-corrected chi connectivity index (χ1v) is 14.1. The number of aromatic nitrogens is 1. The lowest BCUT2D eigenvalue weighted by molar-refractivity contribution is -0.138. The minimum atomic E-state index is -4.95. The molecule has 14 heteroatoms. The van der Waals surface area contributed by atoms with E-state index in [1.807, 2.05) is 0 Å². The van der Waals surface area contributed by atoms with Crippen molar-refractivity contribution >= 4 is 33.3 Å². The van der Waals surface area contributed by atoms with Gasteiger partial charge in [-0.05, 0) is 61.2 Å². The molecule has 3 rings (SSSR count). The molecule has 1 heterocycles. The Bertz CT molecular complexity index is 1580. The van der Waals surface area contributed by atoms with Gasteiger partial charge in [-0.1, -0.05) is 11.6 Å². The number of hydrogen-bond donors (Lipinski definition) is 2. The molecule has 41 heavy (non-hydrogen) atoms. The maximum absolute atomic E-state index is 14.0. The van der Waals surface area contributed by atoms with Crippen molar-refractivity contribution < 1.29 is 45.4 Å². The Morgan fingerprint density at radius 3 is 2.41 bits per heavy atom. The van der Waals surface area contributed by atoms with E-state index in [-0.39, 0.29) is 36.6 Å². The van der Waals surface area contributed by atoms with Gasteiger partial charge in [-0.25, -0.2) is 12.8 Å². The number of rotatable bonds is 11. The molecule has 1 aromatic heterocycles. The predicted molar refractivity (Wildman–Crippen MR) is 142 cm³/mol. The largest absolute Gasteiger partial charge is 0.496 e. The quantitative estimate of drug-likeness (QED) is 0.205. The van der Waals surface area contributed by atoms with E-state index < -0.39 is 55.5 Å². The van der Waals surface area contributed by atoms with Crippen molar-refractivity contribution in [2.45, 2.75) is 43.8 Å². The second-order valence-corrected chi connectivity index (χ2v) is 11.6. The van der Waals surface area contributed by atoms with Crippen molar-refractivity contribution in [2.75, 3.05) is 12.9 Å². The van der Waals surface area contributed by atoms with Crippen LogP contribution in [0, 0.1) is 12.7 Å². The Morgan fingerprint density at radius 2 is 1.78 bits per heavy atom. The summed E-state index contributed by atoms with van der Waals surface area (Å²) in [6.45, 7) is 1.45. The van der Waals surface area contributed by atoms with Gasteiger partial charge in [0.2, 0.25) is 0 Å². The van der Waals surface area contributed by atoms with E-state index in [1.54, 1.807) is 13.0 Å². The van der Waals surface area contributed by atoms with Gasteiger partial charge in [0.1, 0.15) is 11.6 Å². The van der Waals surface area contributed by atoms with E-state index in [1.165, 1.54) is 19.4 Å². The summed E-state index contributed by atoms with van der Waals surface area (Å²) in [7, 11) is -2.94. The molecule has 2 aromatic carbocycles. The Labute approximate surface area is 238 Å². The summed E-state index contributed by atoms with van der Waals surface area (Å²) in [5, 5.41) is 11.0. The Morgan fingerprint density at radius 1 is 1.07 bits per heavy atom. The van der Waals surface area contributed by atoms with Gasteiger partial charge < -0.3 is 15.2 Å². The number of nitrogens with one attached hydrogen (secondary N) is 1. The normalized spacial score (nSPS) is 11.8. The van der Waals surface area contributed by atoms with Gasteiger partial charge in [-0.3, -0.25) is 14.6 Å². The highest BCUT2D eigenvalue weighted by Gasteiger charge is 2.33. The fraction of sp³-hybridized carbons (Fsp3) is 0.296. The number of carbonyl (C=O) groups is 2. The van der Waals surface area contributed by atoms with Crippen LogP contribution in [0.5, 0.6) is 5.75 Å². The highest BCUT2D eigenvalue weighted by molar-refractivity contribution is 7.91. The van der Waals surface area contributed by atoms with Gasteiger partial charge in [-0.15, -0.1) is 0 Å². The molecule has 8 nitrogen and oxygen atoms in total. The van der Waals surface area contributed by atoms with E-state index in [0.29, 0.717) is 34.5 Å². The molecule has 0 unspecified atom stereocenters. The summed E-state index contributed by atoms with van der Waals surface area (Å²) in [5.74, 6) is -3.29. The zero-order valence-electron chi connectivity index (χ0n) is 21.8. The number of sulfone groups is 1. The van der Waals surface area contributed by atoms with Crippen LogP contribution < -0.4 is 10.1 Å². The molecule has 0 fully saturated rings. The first kappa shape index (κ1) is 31.8. The lowest BCUT2D eigenvalue weighted by Crippen LogP contribution is -2.24. The number of amides is 1. The number of aryl methyl sites for hydroxylation is 1. The van der Waals surface area contributed by atoms with Crippen LogP contribution in [-0.2, 0) is 27.4 Å². The number of ether oxygens (including phenoxy) is 1. The number of carboxylic acid groups (broad SMARTS) is 1. The summed E-state index contributed by atoms with van der Waals surface area (Å²) in [5.41, 5.74) is -0.0864. The zero-order valence-corrected chi connectivity index (χ0v) is 23.4. The summed E-state index contributed by atoms with van der Waals surface area (Å²) in [6.07, 6.45) is -3.90. The molecular formula is C27H25ClF4N2O6S. The number of carboxylic acids is 1. The summed E-state index contributed by atoms with van der Waals surface area (Å²) in [4.78, 5) is 27.1. The third kappa shape index (κ3) is 8.17. The minimum Gasteiger partial charge on any atom is -0.496 e. The molecule has 0 spiro atoms. The van der Waals surface area contributed by atoms with E-state index in [0.717, 1.165) is 12.1 Å². The predicted octanol–water partition coefficient (Wildman–Crippen LogP) is 5.84. The summed E-state index contributed by atoms with van der Waals surface area (Å²) >= 11 is 5.97. The van der Waals surface area contributed by atoms with Gasteiger partial charge in [-0.2, -0.15) is 13.2 Å². The summed E-state index contributed by atoms with van der Waals surface area (Å²) < 4.78 is 85.6. The lowest BCUT2D eigenvalue weighted by Gasteiger charge is -2.16. The van der Waals surface area contributed by atoms with E-state index in [4.69, 9.17) is 21.4 Å². The van der Waals surface area contributed by atoms with E-state index in [2.05, 4.69) is 10.3 Å². The fourth-order valence-corrected chi connectivity index (χ4v) is 5.52. The van der Waals surface area contributed by atoms with Crippen molar-refractivity contribution in [1.82, 2.24) is 10.3 Å². The molecule has 220 valence electrons. The average molecular weight is 617 g/mol. The Kier molecular flexibility index (Phi) is 9.98. The molecule has 0 radical (unpaired) electrons. The van der Waals surface area contributed by atoms with Crippen LogP contribution in [-0.4, -0.2) is 43.2 Å². The highest BCUT2D eigenvalue weighted by Crippen LogP contribution is 2.36. The molecule has 0 atom stereocenters. The number of hydrogen-bond acceptors (Lipinski definition) is 6. The summed E-state index contributed by atoms with van der Waals surface area (Å²) in [6, 6.07) is 5.87. The Hall–Kier alpha value is -3.71. The van der Waals surface area contributed by atoms with Crippen LogP contribution in [0.2, 0.25) is 5.02 Å². The Balaban J connectivity index is 1.93. The fourth-order valence-electron chi connectivity index (χ4n) is 3.92. The number of unbranched alkanes of at least 4 members (excludes halogenated alkanes) is 1. The second kappa shape index (κ2) is 12.9. The van der Waals surface area contributed by atoms with Crippen LogP contribution in [0.3, 0.4) is 0 Å². The number of carbonyl (C=O) groups excluding carboxylic acids is 1. The molecule has 0 aliphatic rings. The highest BCUT2D eigenvalue weighted by atomic mass is 35.5. The topological polar surface area (TPSA) is 123 Å². The van der Waals surface area contributed by atoms with Crippen LogP contribution in [0.4, 0.5) is 17.6 Å². The third-order valence-corrected chi connectivity index (χ3v) is 8.07. The molecule has 3 aromatic rings. The molecule has 1 amide bonds. The monoisotopic (exact) mass is 616 g/mol. The van der Waals surface area contributed by atoms with Crippen LogP contribution >= 0.6 is 11.6 Å². The number of halogens is 5. The molecule has 0 bridgehead atoms. The van der Waals surface area contributed by atoms with Gasteiger partial charge in [0.25, 0.3) is 5.91 Å². The maximum atomic E-state index is 14.0. The number of methoxy groups -OCH3 is 1. The van der Waals surface area contributed by atoms with Crippen molar-refractivity contribution in [3.63, 3.8) is 0 Å². The first-order valence-electron chi connectivity index (χ1n) is 12.1. The smallest absolute Gasteiger partial charge is 0.416 e. The molecule has 2 N–H and O–H groups in total. The molecule has 0 saturated carbocycles. The number of alkyl halides is 3. The molecule has 0 aliphatic heterocycles. The van der Waals surface area contributed by atoms with Crippen LogP contribution in [0.25, 0.3) is 11.1 Å². The van der Waals surface area contributed by atoms with Gasteiger partial charge in [0, 0.05) is 42.0 Å².